The number of carbonyl (C=O) groups is 2. The quantitative estimate of drug-likeness (QED) is 0.471. The summed E-state index contributed by atoms with van der Waals surface area (Å²) in [5, 5.41) is 0. The van der Waals surface area contributed by atoms with Crippen LogP contribution in [0.2, 0.25) is 0 Å². The summed E-state index contributed by atoms with van der Waals surface area (Å²) in [6.45, 7) is 4.71. The minimum atomic E-state index is -0.112. The van der Waals surface area contributed by atoms with Crippen molar-refractivity contribution in [3.63, 3.8) is 0 Å². The van der Waals surface area contributed by atoms with Gasteiger partial charge in [0.15, 0.2) is 0 Å². The van der Waals surface area contributed by atoms with Gasteiger partial charge in [-0.3, -0.25) is 9.59 Å². The number of rotatable bonds is 13. The van der Waals surface area contributed by atoms with Gasteiger partial charge < -0.3 is 23.8 Å². The molecule has 0 atom stereocenters. The number of hydrogen-bond acceptors (Lipinski definition) is 4. The predicted octanol–water partition coefficient (Wildman–Crippen LogP) is 2.40. The molecule has 0 aliphatic carbocycles. The van der Waals surface area contributed by atoms with Crippen molar-refractivity contribution in [3.8, 4) is 0 Å². The van der Waals surface area contributed by atoms with Gasteiger partial charge in [-0.1, -0.05) is 30.3 Å². The van der Waals surface area contributed by atoms with Crippen molar-refractivity contribution in [1.29, 1.82) is 0 Å². The molecule has 1 heterocycles. The van der Waals surface area contributed by atoms with Crippen LogP contribution in [0.15, 0.2) is 48.7 Å². The van der Waals surface area contributed by atoms with Gasteiger partial charge in [0.05, 0.1) is 19.7 Å². The number of amides is 2. The van der Waals surface area contributed by atoms with E-state index in [1.807, 2.05) is 36.5 Å². The normalized spacial score (nSPS) is 10.8. The van der Waals surface area contributed by atoms with E-state index in [1.54, 1.807) is 24.0 Å². The van der Waals surface area contributed by atoms with E-state index in [0.717, 1.165) is 12.2 Å². The Kier molecular flexibility index (Phi) is 10.1. The van der Waals surface area contributed by atoms with Crippen molar-refractivity contribution < 1.29 is 19.1 Å². The first kappa shape index (κ1) is 23.6. The Morgan fingerprint density at radius 2 is 1.67 bits per heavy atom. The van der Waals surface area contributed by atoms with E-state index < -0.39 is 0 Å². The van der Waals surface area contributed by atoms with Crippen LogP contribution in [0.1, 0.15) is 24.6 Å². The highest BCUT2D eigenvalue weighted by molar-refractivity contribution is 5.83. The first-order valence-corrected chi connectivity index (χ1v) is 10.2. The Morgan fingerprint density at radius 1 is 0.933 bits per heavy atom. The summed E-state index contributed by atoms with van der Waals surface area (Å²) in [6, 6.07) is 14.2. The van der Waals surface area contributed by atoms with Crippen LogP contribution in [0.4, 0.5) is 0 Å². The number of hydrogen-bond donors (Lipinski definition) is 0. The molecule has 7 heteroatoms. The predicted molar refractivity (Wildman–Crippen MR) is 116 cm³/mol. The van der Waals surface area contributed by atoms with Crippen LogP contribution in [0, 0.1) is 0 Å². The molecule has 2 amide bonds. The Balaban J connectivity index is 2.07. The van der Waals surface area contributed by atoms with Crippen molar-refractivity contribution >= 4 is 11.8 Å². The van der Waals surface area contributed by atoms with E-state index in [9.17, 15) is 9.59 Å². The van der Waals surface area contributed by atoms with Crippen molar-refractivity contribution in [2.75, 3.05) is 47.1 Å². The molecule has 0 saturated carbocycles. The van der Waals surface area contributed by atoms with Gasteiger partial charge in [0.1, 0.15) is 0 Å². The van der Waals surface area contributed by atoms with Crippen molar-refractivity contribution in [1.82, 2.24) is 14.4 Å². The Labute approximate surface area is 179 Å². The summed E-state index contributed by atoms with van der Waals surface area (Å²) in [5.74, 6) is -0.203. The van der Waals surface area contributed by atoms with Crippen LogP contribution < -0.4 is 0 Å². The molecule has 2 aromatic rings. The fraction of sp³-hybridized carbons (Fsp3) is 0.478. The number of benzene rings is 1. The number of ether oxygens (including phenoxy) is 2. The van der Waals surface area contributed by atoms with Crippen molar-refractivity contribution in [2.24, 2.45) is 0 Å². The molecule has 0 spiro atoms. The maximum atomic E-state index is 13.0. The molecule has 7 nitrogen and oxygen atoms in total. The molecule has 2 rings (SSSR count). The standard InChI is InChI=1S/C23H33N3O4/c1-20(27)24(13-8-15-29-2)19-23(28)26(14-16-30-3)18-22-11-7-12-25(22)17-21-9-5-4-6-10-21/h4-7,9-12H,8,13-19H2,1-3H3. The van der Waals surface area contributed by atoms with Crippen LogP contribution >= 0.6 is 0 Å². The van der Waals surface area contributed by atoms with E-state index in [4.69, 9.17) is 9.47 Å². The molecule has 0 aliphatic heterocycles. The number of carbonyl (C=O) groups excluding carboxylic acids is 2. The molecule has 0 fully saturated rings. The van der Waals surface area contributed by atoms with Gasteiger partial charge in [-0.25, -0.2) is 0 Å². The zero-order valence-electron chi connectivity index (χ0n) is 18.3. The third-order valence-electron chi connectivity index (χ3n) is 4.94. The number of methoxy groups -OCH3 is 2. The number of aromatic nitrogens is 1. The summed E-state index contributed by atoms with van der Waals surface area (Å²) in [6.07, 6.45) is 2.72. The van der Waals surface area contributed by atoms with Crippen LogP contribution in [0.5, 0.6) is 0 Å². The van der Waals surface area contributed by atoms with Gasteiger partial charge in [-0.2, -0.15) is 0 Å². The van der Waals surface area contributed by atoms with Gasteiger partial charge in [0.25, 0.3) is 0 Å². The molecule has 30 heavy (non-hydrogen) atoms. The first-order valence-electron chi connectivity index (χ1n) is 10.2. The van der Waals surface area contributed by atoms with Crippen molar-refractivity contribution in [2.45, 2.75) is 26.4 Å². The molecule has 0 aliphatic rings. The second-order valence-corrected chi connectivity index (χ2v) is 7.21. The second kappa shape index (κ2) is 12.8. The lowest BCUT2D eigenvalue weighted by Gasteiger charge is -2.27. The monoisotopic (exact) mass is 415 g/mol. The zero-order valence-corrected chi connectivity index (χ0v) is 18.3. The molecule has 164 valence electrons. The molecule has 1 aromatic heterocycles. The van der Waals surface area contributed by atoms with E-state index >= 15 is 0 Å². The van der Waals surface area contributed by atoms with Gasteiger partial charge in [-0.15, -0.1) is 0 Å². The van der Waals surface area contributed by atoms with Gasteiger partial charge in [-0.05, 0) is 24.1 Å². The fourth-order valence-corrected chi connectivity index (χ4v) is 3.23. The highest BCUT2D eigenvalue weighted by Crippen LogP contribution is 2.11. The zero-order chi connectivity index (χ0) is 21.8. The third-order valence-corrected chi connectivity index (χ3v) is 4.94. The molecular weight excluding hydrogens is 382 g/mol. The van der Waals surface area contributed by atoms with E-state index in [-0.39, 0.29) is 18.4 Å². The molecule has 1 aromatic carbocycles. The lowest BCUT2D eigenvalue weighted by molar-refractivity contribution is -0.140. The highest BCUT2D eigenvalue weighted by Gasteiger charge is 2.20. The van der Waals surface area contributed by atoms with Gasteiger partial charge >= 0.3 is 0 Å². The van der Waals surface area contributed by atoms with E-state index in [1.165, 1.54) is 12.5 Å². The molecule has 0 bridgehead atoms. The number of nitrogens with zero attached hydrogens (tertiary/aromatic N) is 3. The third kappa shape index (κ3) is 7.65. The SMILES string of the molecule is COCCCN(CC(=O)N(CCOC)Cc1cccn1Cc1ccccc1)C(C)=O. The molecule has 0 radical (unpaired) electrons. The molecule has 0 unspecified atom stereocenters. The minimum absolute atomic E-state index is 0.0577. The second-order valence-electron chi connectivity index (χ2n) is 7.21. The van der Waals surface area contributed by atoms with Crippen LogP contribution in [0.3, 0.4) is 0 Å². The molecule has 0 N–H and O–H groups in total. The summed E-state index contributed by atoms with van der Waals surface area (Å²) < 4.78 is 12.4. The fourth-order valence-electron chi connectivity index (χ4n) is 3.23. The lowest BCUT2D eigenvalue weighted by Crippen LogP contribution is -2.43. The average Bonchev–Trinajstić information content (AvgIpc) is 3.17. The summed E-state index contributed by atoms with van der Waals surface area (Å²) in [7, 11) is 3.24. The van der Waals surface area contributed by atoms with Crippen molar-refractivity contribution in [3.05, 3.63) is 59.9 Å². The molecular formula is C23H33N3O4. The summed E-state index contributed by atoms with van der Waals surface area (Å²) in [4.78, 5) is 28.3. The highest BCUT2D eigenvalue weighted by atomic mass is 16.5. The maximum absolute atomic E-state index is 13.0. The Morgan fingerprint density at radius 3 is 2.33 bits per heavy atom. The first-order chi connectivity index (χ1) is 14.5. The topological polar surface area (TPSA) is 64.0 Å². The van der Waals surface area contributed by atoms with Gasteiger partial charge in [0.2, 0.25) is 11.8 Å². The Hall–Kier alpha value is -2.64. The Bertz CT molecular complexity index is 776. The average molecular weight is 416 g/mol. The maximum Gasteiger partial charge on any atom is 0.242 e. The van der Waals surface area contributed by atoms with Crippen LogP contribution in [0.25, 0.3) is 0 Å². The van der Waals surface area contributed by atoms with Crippen LogP contribution in [-0.2, 0) is 32.2 Å². The summed E-state index contributed by atoms with van der Waals surface area (Å²) >= 11 is 0. The largest absolute Gasteiger partial charge is 0.385 e. The van der Waals surface area contributed by atoms with E-state index in [2.05, 4.69) is 16.7 Å². The van der Waals surface area contributed by atoms with Crippen LogP contribution in [-0.4, -0.2) is 73.2 Å². The van der Waals surface area contributed by atoms with Gasteiger partial charge in [0, 0.05) is 59.3 Å². The van der Waals surface area contributed by atoms with E-state index in [0.29, 0.717) is 39.3 Å². The smallest absolute Gasteiger partial charge is 0.242 e. The summed E-state index contributed by atoms with van der Waals surface area (Å²) in [5.41, 5.74) is 2.24. The minimum Gasteiger partial charge on any atom is -0.385 e. The lowest BCUT2D eigenvalue weighted by atomic mass is 10.2. The molecule has 0 saturated heterocycles.